The molecule has 0 radical (unpaired) electrons. The van der Waals surface area contributed by atoms with Gasteiger partial charge in [0.1, 0.15) is 0 Å². The van der Waals surface area contributed by atoms with E-state index in [1.807, 2.05) is 88.4 Å². The van der Waals surface area contributed by atoms with Crippen LogP contribution in [0.25, 0.3) is 17.3 Å². The summed E-state index contributed by atoms with van der Waals surface area (Å²) in [6, 6.07) is 7.76. The third-order valence-corrected chi connectivity index (χ3v) is 6.54. The molecule has 0 aliphatic rings. The van der Waals surface area contributed by atoms with Crippen LogP contribution in [0, 0.1) is 24.1 Å². The molecule has 0 unspecified atom stereocenters. The van der Waals surface area contributed by atoms with E-state index in [4.69, 9.17) is 4.98 Å². The Morgan fingerprint density at radius 3 is 2.47 bits per heavy atom. The van der Waals surface area contributed by atoms with E-state index in [-0.39, 0.29) is 12.4 Å². The SMILES string of the molecule is C=C(C)/C=C(\C=C/C)C(/C)=C(C#N)/C=C(\C=C\CCC)CNc1nccc(-c2ccc(C)c(/C=C\C=C\CCC)n2)c1F. The van der Waals surface area contributed by atoms with Gasteiger partial charge in [0.05, 0.1) is 23.0 Å². The highest BCUT2D eigenvalue weighted by molar-refractivity contribution is 5.67. The van der Waals surface area contributed by atoms with E-state index >= 15 is 4.39 Å². The third-order valence-electron chi connectivity index (χ3n) is 6.54. The maximum absolute atomic E-state index is 15.8. The van der Waals surface area contributed by atoms with Crippen LogP contribution in [0.2, 0.25) is 0 Å². The van der Waals surface area contributed by atoms with Crippen LogP contribution in [0.3, 0.4) is 0 Å². The summed E-state index contributed by atoms with van der Waals surface area (Å²) >= 11 is 0. The summed E-state index contributed by atoms with van der Waals surface area (Å²) in [6.45, 7) is 16.3. The summed E-state index contributed by atoms with van der Waals surface area (Å²) in [7, 11) is 0. The van der Waals surface area contributed by atoms with Gasteiger partial charge in [-0.2, -0.15) is 5.26 Å². The molecule has 0 saturated heterocycles. The second-order valence-corrected chi connectivity index (χ2v) is 10.4. The van der Waals surface area contributed by atoms with Crippen molar-refractivity contribution in [2.45, 2.75) is 67.2 Å². The number of aryl methyl sites for hydroxylation is 1. The van der Waals surface area contributed by atoms with Crippen molar-refractivity contribution in [3.8, 4) is 17.3 Å². The minimum absolute atomic E-state index is 0.130. The fourth-order valence-electron chi connectivity index (χ4n) is 4.15. The van der Waals surface area contributed by atoms with Crippen molar-refractivity contribution in [2.24, 2.45) is 0 Å². The smallest absolute Gasteiger partial charge is 0.174 e. The number of nitriles is 1. The van der Waals surface area contributed by atoms with Crippen molar-refractivity contribution in [3.63, 3.8) is 0 Å². The average molecular weight is 577 g/mol. The first-order valence-corrected chi connectivity index (χ1v) is 14.9. The number of anilines is 1. The topological polar surface area (TPSA) is 61.6 Å². The second kappa shape index (κ2) is 18.8. The molecule has 0 saturated carbocycles. The predicted molar refractivity (Wildman–Crippen MR) is 182 cm³/mol. The van der Waals surface area contributed by atoms with Crippen LogP contribution in [0.5, 0.6) is 0 Å². The average Bonchev–Trinajstić information content (AvgIpc) is 2.99. The summed E-state index contributed by atoms with van der Waals surface area (Å²) in [5.74, 6) is -0.342. The minimum Gasteiger partial charge on any atom is -0.364 e. The Bertz CT molecular complexity index is 1510. The van der Waals surface area contributed by atoms with Crippen LogP contribution >= 0.6 is 0 Å². The Hall–Kier alpha value is -4.56. The number of nitrogens with one attached hydrogen (secondary N) is 1. The first-order chi connectivity index (χ1) is 20.7. The van der Waals surface area contributed by atoms with Gasteiger partial charge in [-0.3, -0.25) is 0 Å². The summed E-state index contributed by atoms with van der Waals surface area (Å²) in [6.07, 6.45) is 25.4. The molecule has 0 spiro atoms. The van der Waals surface area contributed by atoms with Crippen LogP contribution in [-0.4, -0.2) is 16.5 Å². The molecule has 2 rings (SSSR count). The van der Waals surface area contributed by atoms with Crippen LogP contribution in [0.4, 0.5) is 10.2 Å². The van der Waals surface area contributed by atoms with Gasteiger partial charge in [-0.25, -0.2) is 14.4 Å². The quantitative estimate of drug-likeness (QED) is 0.169. The van der Waals surface area contributed by atoms with Crippen LogP contribution in [0.15, 0.2) is 114 Å². The predicted octanol–water partition coefficient (Wildman–Crippen LogP) is 10.6. The first-order valence-electron chi connectivity index (χ1n) is 14.9. The summed E-state index contributed by atoms with van der Waals surface area (Å²) in [5.41, 5.74) is 6.73. The third kappa shape index (κ3) is 11.3. The Morgan fingerprint density at radius 2 is 1.79 bits per heavy atom. The number of hydrogen-bond acceptors (Lipinski definition) is 4. The van der Waals surface area contributed by atoms with E-state index in [2.05, 4.69) is 48.9 Å². The van der Waals surface area contributed by atoms with Gasteiger partial charge >= 0.3 is 0 Å². The fourth-order valence-corrected chi connectivity index (χ4v) is 4.15. The van der Waals surface area contributed by atoms with Gasteiger partial charge in [0.15, 0.2) is 11.6 Å². The molecule has 0 bridgehead atoms. The van der Waals surface area contributed by atoms with Gasteiger partial charge in [-0.05, 0) is 87.1 Å². The molecule has 2 aromatic rings. The van der Waals surface area contributed by atoms with Gasteiger partial charge in [0.25, 0.3) is 0 Å². The number of nitrogens with zero attached hydrogens (tertiary/aromatic N) is 3. The zero-order valence-electron chi connectivity index (χ0n) is 26.5. The fraction of sp³-hybridized carbons (Fsp3) is 0.289. The minimum atomic E-state index is -0.472. The van der Waals surface area contributed by atoms with E-state index in [1.54, 1.807) is 12.3 Å². The van der Waals surface area contributed by atoms with Gasteiger partial charge in [0, 0.05) is 18.3 Å². The van der Waals surface area contributed by atoms with Crippen LogP contribution in [-0.2, 0) is 0 Å². The molecule has 224 valence electrons. The zero-order valence-corrected chi connectivity index (χ0v) is 26.5. The Labute approximate surface area is 258 Å². The number of unbranched alkanes of at least 4 members (excludes halogenated alkanes) is 2. The van der Waals surface area contributed by atoms with Crippen molar-refractivity contribution in [1.29, 1.82) is 5.26 Å². The molecule has 0 atom stereocenters. The lowest BCUT2D eigenvalue weighted by atomic mass is 9.98. The molecule has 2 heterocycles. The van der Waals surface area contributed by atoms with Crippen molar-refractivity contribution in [1.82, 2.24) is 9.97 Å². The lowest BCUT2D eigenvalue weighted by Crippen LogP contribution is -2.08. The van der Waals surface area contributed by atoms with Crippen molar-refractivity contribution < 1.29 is 4.39 Å². The van der Waals surface area contributed by atoms with E-state index in [0.29, 0.717) is 16.8 Å². The largest absolute Gasteiger partial charge is 0.364 e. The number of allylic oxidation sites excluding steroid dienone is 12. The maximum Gasteiger partial charge on any atom is 0.174 e. The molecule has 43 heavy (non-hydrogen) atoms. The second-order valence-electron chi connectivity index (χ2n) is 10.4. The van der Waals surface area contributed by atoms with E-state index in [1.165, 1.54) is 0 Å². The molecule has 4 nitrogen and oxygen atoms in total. The molecule has 5 heteroatoms. The molecule has 0 aliphatic heterocycles. The van der Waals surface area contributed by atoms with E-state index < -0.39 is 5.82 Å². The van der Waals surface area contributed by atoms with Crippen molar-refractivity contribution in [2.75, 3.05) is 11.9 Å². The molecule has 0 aromatic carbocycles. The van der Waals surface area contributed by atoms with Crippen molar-refractivity contribution in [3.05, 3.63) is 131 Å². The summed E-state index contributed by atoms with van der Waals surface area (Å²) in [4.78, 5) is 9.01. The Kier molecular flexibility index (Phi) is 15.1. The summed E-state index contributed by atoms with van der Waals surface area (Å²) in [5, 5.41) is 13.2. The number of hydrogen-bond donors (Lipinski definition) is 1. The molecule has 2 aromatic heterocycles. The zero-order chi connectivity index (χ0) is 31.6. The summed E-state index contributed by atoms with van der Waals surface area (Å²) < 4.78 is 15.8. The Balaban J connectivity index is 2.44. The number of pyridine rings is 2. The number of rotatable bonds is 15. The monoisotopic (exact) mass is 576 g/mol. The molecule has 0 fully saturated rings. The lowest BCUT2D eigenvalue weighted by Gasteiger charge is -2.12. The lowest BCUT2D eigenvalue weighted by molar-refractivity contribution is 0.628. The molecule has 0 amide bonds. The van der Waals surface area contributed by atoms with Crippen LogP contribution < -0.4 is 5.32 Å². The molecular formula is C38H45FN4. The number of aromatic nitrogens is 2. The van der Waals surface area contributed by atoms with Crippen LogP contribution in [0.1, 0.15) is 71.6 Å². The molecule has 0 aliphatic carbocycles. The Morgan fingerprint density at radius 1 is 1.05 bits per heavy atom. The molecular weight excluding hydrogens is 531 g/mol. The van der Waals surface area contributed by atoms with E-state index in [0.717, 1.165) is 59.2 Å². The maximum atomic E-state index is 15.8. The van der Waals surface area contributed by atoms with E-state index in [9.17, 15) is 5.26 Å². The van der Waals surface area contributed by atoms with Gasteiger partial charge in [-0.1, -0.05) is 93.5 Å². The standard InChI is InChI=1S/C38H45FN4/c1-8-11-13-14-16-19-35-29(6)20-21-36(43-35)34-22-23-41-38(37(34)39)42-27-31(18-15-12-9-2)25-33(26-40)30(7)32(17-10-3)24-28(4)5/h10,13-25H,4,8-9,11-12,27H2,1-3,5-7H3,(H,41,42)/b14-13+,17-10-,18-15+,19-16-,31-25+,32-24+,33-30-. The number of halogens is 1. The van der Waals surface area contributed by atoms with Crippen molar-refractivity contribution >= 4 is 11.9 Å². The highest BCUT2D eigenvalue weighted by atomic mass is 19.1. The van der Waals surface area contributed by atoms with Gasteiger partial charge in [0.2, 0.25) is 0 Å². The highest BCUT2D eigenvalue weighted by Gasteiger charge is 2.14. The first kappa shape index (κ1) is 34.6. The highest BCUT2D eigenvalue weighted by Crippen LogP contribution is 2.27. The molecule has 1 N–H and O–H groups in total. The van der Waals surface area contributed by atoms with Gasteiger partial charge in [-0.15, -0.1) is 0 Å². The normalized spacial score (nSPS) is 13.3. The van der Waals surface area contributed by atoms with Gasteiger partial charge < -0.3 is 5.32 Å².